The van der Waals surface area contributed by atoms with Crippen molar-refractivity contribution in [1.82, 2.24) is 19.7 Å². The molecule has 3 aromatic rings. The summed E-state index contributed by atoms with van der Waals surface area (Å²) < 4.78 is 1.89. The zero-order valence-electron chi connectivity index (χ0n) is 14.8. The highest BCUT2D eigenvalue weighted by atomic mass is 35.5. The lowest BCUT2D eigenvalue weighted by atomic mass is 10.0. The molecule has 1 saturated heterocycles. The Hall–Kier alpha value is -2.15. The van der Waals surface area contributed by atoms with Crippen LogP contribution in [-0.2, 0) is 4.79 Å². The SMILES string of the molecule is Cl.Cl.O=C(CCC1CCNC1)Nc1ccc(-c2cn3cccnc3n2)cc1. The van der Waals surface area contributed by atoms with Crippen LogP contribution in [-0.4, -0.2) is 33.4 Å². The highest BCUT2D eigenvalue weighted by Gasteiger charge is 2.15. The van der Waals surface area contributed by atoms with Gasteiger partial charge in [0.25, 0.3) is 0 Å². The van der Waals surface area contributed by atoms with Crippen LogP contribution in [0.5, 0.6) is 0 Å². The van der Waals surface area contributed by atoms with Gasteiger partial charge in [0.1, 0.15) is 0 Å². The average Bonchev–Trinajstić information content (AvgIpc) is 3.30. The Balaban J connectivity index is 0.00000131. The number of aromatic nitrogens is 3. The fourth-order valence-electron chi connectivity index (χ4n) is 3.21. The highest BCUT2D eigenvalue weighted by Crippen LogP contribution is 2.21. The zero-order chi connectivity index (χ0) is 17.1. The second-order valence-corrected chi connectivity index (χ2v) is 6.48. The van der Waals surface area contributed by atoms with Crippen molar-refractivity contribution in [2.45, 2.75) is 19.3 Å². The van der Waals surface area contributed by atoms with E-state index in [1.165, 1.54) is 6.42 Å². The molecule has 1 aliphatic rings. The van der Waals surface area contributed by atoms with Crippen molar-refractivity contribution in [2.75, 3.05) is 18.4 Å². The molecule has 2 N–H and O–H groups in total. The Morgan fingerprint density at radius 2 is 2.07 bits per heavy atom. The van der Waals surface area contributed by atoms with Gasteiger partial charge in [-0.15, -0.1) is 24.8 Å². The third-order valence-electron chi connectivity index (χ3n) is 4.64. The number of nitrogens with one attached hydrogen (secondary N) is 2. The van der Waals surface area contributed by atoms with Gasteiger partial charge in [0.2, 0.25) is 11.7 Å². The maximum Gasteiger partial charge on any atom is 0.234 e. The van der Waals surface area contributed by atoms with Crippen molar-refractivity contribution in [3.63, 3.8) is 0 Å². The van der Waals surface area contributed by atoms with Crippen molar-refractivity contribution >= 4 is 42.2 Å². The summed E-state index contributed by atoms with van der Waals surface area (Å²) in [4.78, 5) is 20.8. The van der Waals surface area contributed by atoms with Gasteiger partial charge in [-0.2, -0.15) is 0 Å². The zero-order valence-corrected chi connectivity index (χ0v) is 16.4. The summed E-state index contributed by atoms with van der Waals surface area (Å²) in [6.45, 7) is 2.11. The maximum atomic E-state index is 12.1. The third-order valence-corrected chi connectivity index (χ3v) is 4.64. The van der Waals surface area contributed by atoms with Crippen LogP contribution < -0.4 is 10.6 Å². The van der Waals surface area contributed by atoms with Gasteiger partial charge in [0.05, 0.1) is 5.69 Å². The minimum atomic E-state index is 0. The number of anilines is 1. The molecule has 1 fully saturated rings. The summed E-state index contributed by atoms with van der Waals surface area (Å²) >= 11 is 0. The molecule has 8 heteroatoms. The molecule has 0 radical (unpaired) electrons. The van der Waals surface area contributed by atoms with Crippen LogP contribution >= 0.6 is 24.8 Å². The third kappa shape index (κ3) is 5.19. The number of carbonyl (C=O) groups is 1. The number of hydrogen-bond acceptors (Lipinski definition) is 4. The number of imidazole rings is 1. The Kier molecular flexibility index (Phi) is 7.59. The van der Waals surface area contributed by atoms with Gasteiger partial charge in [-0.1, -0.05) is 12.1 Å². The van der Waals surface area contributed by atoms with Crippen LogP contribution in [0.3, 0.4) is 0 Å². The van der Waals surface area contributed by atoms with Crippen molar-refractivity contribution in [3.05, 3.63) is 48.9 Å². The van der Waals surface area contributed by atoms with E-state index in [4.69, 9.17) is 0 Å². The van der Waals surface area contributed by atoms with Crippen molar-refractivity contribution in [1.29, 1.82) is 0 Å². The fraction of sp³-hybridized carbons (Fsp3) is 0.316. The van der Waals surface area contributed by atoms with Crippen molar-refractivity contribution in [2.24, 2.45) is 5.92 Å². The van der Waals surface area contributed by atoms with Gasteiger partial charge >= 0.3 is 0 Å². The van der Waals surface area contributed by atoms with Gasteiger partial charge in [0, 0.05) is 36.3 Å². The van der Waals surface area contributed by atoms with Crippen LogP contribution in [0.1, 0.15) is 19.3 Å². The lowest BCUT2D eigenvalue weighted by Crippen LogP contribution is -2.14. The molecule has 2 aromatic heterocycles. The molecule has 6 nitrogen and oxygen atoms in total. The molecular weight excluding hydrogens is 385 g/mol. The first-order valence-electron chi connectivity index (χ1n) is 8.69. The number of hydrogen-bond donors (Lipinski definition) is 2. The normalized spacial score (nSPS) is 15.8. The quantitative estimate of drug-likeness (QED) is 0.677. The van der Waals surface area contributed by atoms with Crippen LogP contribution in [0.2, 0.25) is 0 Å². The summed E-state index contributed by atoms with van der Waals surface area (Å²) in [7, 11) is 0. The molecule has 0 saturated carbocycles. The predicted octanol–water partition coefficient (Wildman–Crippen LogP) is 3.57. The Labute approximate surface area is 170 Å². The van der Waals surface area contributed by atoms with E-state index in [1.807, 2.05) is 47.1 Å². The van der Waals surface area contributed by atoms with Gasteiger partial charge in [-0.3, -0.25) is 9.20 Å². The second-order valence-electron chi connectivity index (χ2n) is 6.48. The summed E-state index contributed by atoms with van der Waals surface area (Å²) in [5.41, 5.74) is 2.69. The molecule has 4 rings (SSSR count). The van der Waals surface area contributed by atoms with E-state index < -0.39 is 0 Å². The summed E-state index contributed by atoms with van der Waals surface area (Å²) in [6.07, 6.45) is 8.30. The molecule has 1 amide bonds. The minimum Gasteiger partial charge on any atom is -0.326 e. The molecular formula is C19H23Cl2N5O. The van der Waals surface area contributed by atoms with Crippen LogP contribution in [0.25, 0.3) is 17.0 Å². The van der Waals surface area contributed by atoms with E-state index in [0.717, 1.165) is 36.5 Å². The van der Waals surface area contributed by atoms with Gasteiger partial charge in [-0.25, -0.2) is 9.97 Å². The molecule has 0 bridgehead atoms. The van der Waals surface area contributed by atoms with E-state index in [1.54, 1.807) is 6.20 Å². The Bertz CT molecular complexity index is 842. The summed E-state index contributed by atoms with van der Waals surface area (Å²) in [6, 6.07) is 9.65. The van der Waals surface area contributed by atoms with Crippen LogP contribution in [0.4, 0.5) is 5.69 Å². The molecule has 3 heterocycles. The smallest absolute Gasteiger partial charge is 0.234 e. The molecule has 27 heavy (non-hydrogen) atoms. The predicted molar refractivity (Wildman–Crippen MR) is 112 cm³/mol. The summed E-state index contributed by atoms with van der Waals surface area (Å²) in [5.74, 6) is 1.39. The highest BCUT2D eigenvalue weighted by molar-refractivity contribution is 5.91. The Morgan fingerprint density at radius 1 is 1.26 bits per heavy atom. The van der Waals surface area contributed by atoms with E-state index in [9.17, 15) is 4.79 Å². The number of nitrogens with zero attached hydrogens (tertiary/aromatic N) is 3. The monoisotopic (exact) mass is 407 g/mol. The lowest BCUT2D eigenvalue weighted by Gasteiger charge is -2.09. The molecule has 1 atom stereocenters. The van der Waals surface area contributed by atoms with E-state index in [0.29, 0.717) is 18.1 Å². The van der Waals surface area contributed by atoms with E-state index in [-0.39, 0.29) is 30.7 Å². The minimum absolute atomic E-state index is 0. The number of amides is 1. The topological polar surface area (TPSA) is 71.3 Å². The first-order chi connectivity index (χ1) is 12.3. The molecule has 1 unspecified atom stereocenters. The first-order valence-corrected chi connectivity index (χ1v) is 8.69. The van der Waals surface area contributed by atoms with Gasteiger partial charge < -0.3 is 10.6 Å². The standard InChI is InChI=1S/C19H21N5O.2ClH/c25-18(7-2-14-8-10-20-12-14)22-16-5-3-15(4-6-16)17-13-24-11-1-9-21-19(24)23-17;;/h1,3-6,9,11,13-14,20H,2,7-8,10,12H2,(H,22,25);2*1H. The van der Waals surface area contributed by atoms with Crippen LogP contribution in [0.15, 0.2) is 48.9 Å². The Morgan fingerprint density at radius 3 is 2.78 bits per heavy atom. The molecule has 1 aromatic carbocycles. The first kappa shape index (κ1) is 21.2. The van der Waals surface area contributed by atoms with Crippen LogP contribution in [0, 0.1) is 5.92 Å². The number of halogens is 2. The second kappa shape index (κ2) is 9.69. The van der Waals surface area contributed by atoms with Gasteiger partial charge in [0.15, 0.2) is 0 Å². The molecule has 144 valence electrons. The van der Waals surface area contributed by atoms with Gasteiger partial charge in [-0.05, 0) is 50.0 Å². The number of carbonyl (C=O) groups excluding carboxylic acids is 1. The fourth-order valence-corrected chi connectivity index (χ4v) is 3.21. The van der Waals surface area contributed by atoms with E-state index in [2.05, 4.69) is 20.6 Å². The number of rotatable bonds is 5. The lowest BCUT2D eigenvalue weighted by molar-refractivity contribution is -0.116. The number of fused-ring (bicyclic) bond motifs is 1. The molecule has 1 aliphatic heterocycles. The number of benzene rings is 1. The van der Waals surface area contributed by atoms with E-state index >= 15 is 0 Å². The average molecular weight is 408 g/mol. The maximum absolute atomic E-state index is 12.1. The van der Waals surface area contributed by atoms with Crippen molar-refractivity contribution < 1.29 is 4.79 Å². The van der Waals surface area contributed by atoms with Crippen molar-refractivity contribution in [3.8, 4) is 11.3 Å². The molecule has 0 spiro atoms. The largest absolute Gasteiger partial charge is 0.326 e. The molecule has 0 aliphatic carbocycles. The summed E-state index contributed by atoms with van der Waals surface area (Å²) in [5, 5.41) is 6.31.